The highest BCUT2D eigenvalue weighted by Gasteiger charge is 2.34. The Morgan fingerprint density at radius 3 is 2.19 bits per heavy atom. The number of nitrogens with zero attached hydrogens (tertiary/aromatic N) is 1. The van der Waals surface area contributed by atoms with Crippen LogP contribution in [0.5, 0.6) is 0 Å². The SMILES string of the molecule is CCCCCN(C(=O)C(C)NC(=O)OC(C)(C)C)C(C(=O)Nc1ccccc1C)c1ccc(CC)cc1. The smallest absolute Gasteiger partial charge is 0.408 e. The molecule has 0 saturated heterocycles. The fraction of sp³-hybridized carbons (Fsp3) is 0.500. The van der Waals surface area contributed by atoms with E-state index in [0.29, 0.717) is 12.2 Å². The number of ether oxygens (including phenoxy) is 1. The molecule has 0 aliphatic heterocycles. The maximum absolute atomic E-state index is 13.8. The second-order valence-corrected chi connectivity index (χ2v) is 10.4. The molecule has 7 heteroatoms. The van der Waals surface area contributed by atoms with E-state index in [1.165, 1.54) is 0 Å². The summed E-state index contributed by atoms with van der Waals surface area (Å²) in [6, 6.07) is 13.6. The second-order valence-electron chi connectivity index (χ2n) is 10.4. The highest BCUT2D eigenvalue weighted by atomic mass is 16.6. The Labute approximate surface area is 222 Å². The molecular weight excluding hydrogens is 466 g/mol. The van der Waals surface area contributed by atoms with E-state index in [1.54, 1.807) is 32.6 Å². The number of alkyl carbamates (subject to hydrolysis) is 1. The fourth-order valence-corrected chi connectivity index (χ4v) is 4.02. The molecule has 3 amide bonds. The van der Waals surface area contributed by atoms with Gasteiger partial charge >= 0.3 is 6.09 Å². The summed E-state index contributed by atoms with van der Waals surface area (Å²) in [7, 11) is 0. The lowest BCUT2D eigenvalue weighted by molar-refractivity contribution is -0.140. The van der Waals surface area contributed by atoms with E-state index in [1.807, 2.05) is 55.5 Å². The summed E-state index contributed by atoms with van der Waals surface area (Å²) < 4.78 is 5.35. The first-order chi connectivity index (χ1) is 17.5. The zero-order valence-electron chi connectivity index (χ0n) is 23.4. The van der Waals surface area contributed by atoms with Crippen LogP contribution in [-0.2, 0) is 20.7 Å². The minimum atomic E-state index is -0.875. The molecule has 2 rings (SSSR count). The summed E-state index contributed by atoms with van der Waals surface area (Å²) in [4.78, 5) is 41.6. The number of amides is 3. The molecule has 2 unspecified atom stereocenters. The molecule has 0 bridgehead atoms. The molecule has 0 radical (unpaired) electrons. The Balaban J connectivity index is 2.44. The third kappa shape index (κ3) is 9.23. The molecule has 2 atom stereocenters. The van der Waals surface area contributed by atoms with Gasteiger partial charge in [-0.05, 0) is 70.2 Å². The van der Waals surface area contributed by atoms with Crippen molar-refractivity contribution in [2.75, 3.05) is 11.9 Å². The van der Waals surface area contributed by atoms with E-state index in [4.69, 9.17) is 4.74 Å². The molecule has 0 spiro atoms. The quantitative estimate of drug-likeness (QED) is 0.355. The average Bonchev–Trinajstić information content (AvgIpc) is 2.83. The first-order valence-corrected chi connectivity index (χ1v) is 13.2. The van der Waals surface area contributed by atoms with Crippen LogP contribution in [0.4, 0.5) is 10.5 Å². The number of hydrogen-bond donors (Lipinski definition) is 2. The predicted molar refractivity (Wildman–Crippen MR) is 148 cm³/mol. The third-order valence-corrected chi connectivity index (χ3v) is 6.06. The zero-order chi connectivity index (χ0) is 27.6. The standard InChI is InChI=1S/C30H43N3O4/c1-8-10-13-20-33(28(35)22(4)31-29(36)37-30(5,6)7)26(24-18-16-23(9-2)17-19-24)27(34)32-25-15-12-11-14-21(25)3/h11-12,14-19,22,26H,8-10,13,20H2,1-7H3,(H,31,36)(H,32,34). The van der Waals surface area contributed by atoms with Crippen LogP contribution in [0.15, 0.2) is 48.5 Å². The van der Waals surface area contributed by atoms with Gasteiger partial charge in [-0.15, -0.1) is 0 Å². The number of carbonyl (C=O) groups is 3. The Morgan fingerprint density at radius 2 is 1.62 bits per heavy atom. The van der Waals surface area contributed by atoms with E-state index in [-0.39, 0.29) is 11.8 Å². The number of unbranched alkanes of at least 4 members (excludes halogenated alkanes) is 2. The van der Waals surface area contributed by atoms with Crippen LogP contribution in [0.1, 0.15) is 83.5 Å². The lowest BCUT2D eigenvalue weighted by Gasteiger charge is -2.34. The third-order valence-electron chi connectivity index (χ3n) is 6.06. The van der Waals surface area contributed by atoms with Crippen LogP contribution < -0.4 is 10.6 Å². The lowest BCUT2D eigenvalue weighted by Crippen LogP contribution is -2.51. The molecule has 37 heavy (non-hydrogen) atoms. The van der Waals surface area contributed by atoms with Gasteiger partial charge in [0.25, 0.3) is 5.91 Å². The van der Waals surface area contributed by atoms with Crippen molar-refractivity contribution in [3.8, 4) is 0 Å². The van der Waals surface area contributed by atoms with E-state index in [2.05, 4.69) is 24.5 Å². The van der Waals surface area contributed by atoms with Gasteiger partial charge in [0.2, 0.25) is 5.91 Å². The van der Waals surface area contributed by atoms with Crippen molar-refractivity contribution in [1.82, 2.24) is 10.2 Å². The molecule has 202 valence electrons. The number of anilines is 1. The summed E-state index contributed by atoms with van der Waals surface area (Å²) in [5.74, 6) is -0.640. The molecule has 7 nitrogen and oxygen atoms in total. The normalized spacial score (nSPS) is 12.8. The topological polar surface area (TPSA) is 87.7 Å². The average molecular weight is 510 g/mol. The van der Waals surface area contributed by atoms with E-state index in [9.17, 15) is 14.4 Å². The predicted octanol–water partition coefficient (Wildman–Crippen LogP) is 6.17. The molecule has 2 N–H and O–H groups in total. The fourth-order valence-electron chi connectivity index (χ4n) is 4.02. The minimum Gasteiger partial charge on any atom is -0.444 e. The number of carbonyl (C=O) groups excluding carboxylic acids is 3. The molecule has 2 aromatic carbocycles. The number of benzene rings is 2. The van der Waals surface area contributed by atoms with Gasteiger partial charge < -0.3 is 20.3 Å². The van der Waals surface area contributed by atoms with Gasteiger partial charge in [-0.3, -0.25) is 9.59 Å². The number of para-hydroxylation sites is 1. The molecular formula is C30H43N3O4. The van der Waals surface area contributed by atoms with Crippen molar-refractivity contribution < 1.29 is 19.1 Å². The zero-order valence-corrected chi connectivity index (χ0v) is 23.4. The van der Waals surface area contributed by atoms with Gasteiger partial charge in [-0.1, -0.05) is 69.2 Å². The van der Waals surface area contributed by atoms with E-state index in [0.717, 1.165) is 42.4 Å². The highest BCUT2D eigenvalue weighted by molar-refractivity contribution is 5.99. The Kier molecular flexibility index (Phi) is 11.2. The maximum Gasteiger partial charge on any atom is 0.408 e. The number of hydrogen-bond acceptors (Lipinski definition) is 4. The molecule has 0 aromatic heterocycles. The number of nitrogens with one attached hydrogen (secondary N) is 2. The van der Waals surface area contributed by atoms with Crippen LogP contribution >= 0.6 is 0 Å². The van der Waals surface area contributed by atoms with Gasteiger partial charge in [0, 0.05) is 12.2 Å². The van der Waals surface area contributed by atoms with Crippen LogP contribution in [0.25, 0.3) is 0 Å². The van der Waals surface area contributed by atoms with Gasteiger partial charge in [0.1, 0.15) is 17.7 Å². The summed E-state index contributed by atoms with van der Waals surface area (Å²) >= 11 is 0. The summed E-state index contributed by atoms with van der Waals surface area (Å²) in [5, 5.41) is 5.67. The molecule has 0 saturated carbocycles. The minimum absolute atomic E-state index is 0.298. The van der Waals surface area contributed by atoms with Crippen molar-refractivity contribution in [2.45, 2.75) is 91.8 Å². The number of aryl methyl sites for hydroxylation is 2. The van der Waals surface area contributed by atoms with Crippen molar-refractivity contribution >= 4 is 23.6 Å². The first-order valence-electron chi connectivity index (χ1n) is 13.2. The second kappa shape index (κ2) is 13.8. The monoisotopic (exact) mass is 509 g/mol. The van der Waals surface area contributed by atoms with Crippen molar-refractivity contribution in [2.24, 2.45) is 0 Å². The van der Waals surface area contributed by atoms with E-state index >= 15 is 0 Å². The molecule has 0 aliphatic carbocycles. The van der Waals surface area contributed by atoms with Crippen LogP contribution in [-0.4, -0.2) is 41.0 Å². The largest absolute Gasteiger partial charge is 0.444 e. The van der Waals surface area contributed by atoms with Crippen molar-refractivity contribution in [3.05, 3.63) is 65.2 Å². The van der Waals surface area contributed by atoms with Gasteiger partial charge in [-0.25, -0.2) is 4.79 Å². The van der Waals surface area contributed by atoms with Crippen LogP contribution in [0.3, 0.4) is 0 Å². The summed E-state index contributed by atoms with van der Waals surface area (Å²) in [5.41, 5.74) is 2.80. The van der Waals surface area contributed by atoms with Crippen molar-refractivity contribution in [1.29, 1.82) is 0 Å². The molecule has 0 aliphatic rings. The molecule has 0 fully saturated rings. The van der Waals surface area contributed by atoms with Crippen LogP contribution in [0, 0.1) is 6.92 Å². The lowest BCUT2D eigenvalue weighted by atomic mass is 10.00. The molecule has 2 aromatic rings. The van der Waals surface area contributed by atoms with E-state index < -0.39 is 23.8 Å². The maximum atomic E-state index is 13.8. The Morgan fingerprint density at radius 1 is 0.973 bits per heavy atom. The summed E-state index contributed by atoms with van der Waals surface area (Å²) in [6.07, 6.45) is 2.83. The van der Waals surface area contributed by atoms with Crippen molar-refractivity contribution in [3.63, 3.8) is 0 Å². The van der Waals surface area contributed by atoms with Crippen LogP contribution in [0.2, 0.25) is 0 Å². The summed E-state index contributed by atoms with van der Waals surface area (Å²) in [6.45, 7) is 13.4. The molecule has 0 heterocycles. The Hall–Kier alpha value is -3.35. The highest BCUT2D eigenvalue weighted by Crippen LogP contribution is 2.26. The van der Waals surface area contributed by atoms with Gasteiger partial charge in [0.15, 0.2) is 0 Å². The first kappa shape index (κ1) is 29.9. The number of rotatable bonds is 11. The Bertz CT molecular complexity index is 1040. The van der Waals surface area contributed by atoms with Gasteiger partial charge in [-0.2, -0.15) is 0 Å². The van der Waals surface area contributed by atoms with Gasteiger partial charge in [0.05, 0.1) is 0 Å².